The standard InChI is InChI=1S/C19H21FN4O2/c1-3-23(4-2)15-8-6-14(7-9-15)21-18(25)12-24-17-10-5-13(20)11-16(17)22-19(24)26/h5-11H,3-4,12H2,1-2H3,(H,21,25)(H,22,26). The maximum Gasteiger partial charge on any atom is 0.326 e. The number of anilines is 2. The molecule has 0 aliphatic heterocycles. The van der Waals surface area contributed by atoms with Gasteiger partial charge in [0, 0.05) is 24.5 Å². The molecule has 0 spiro atoms. The van der Waals surface area contributed by atoms with Crippen molar-refractivity contribution >= 4 is 28.3 Å². The number of amides is 1. The minimum absolute atomic E-state index is 0.151. The highest BCUT2D eigenvalue weighted by atomic mass is 19.1. The summed E-state index contributed by atoms with van der Waals surface area (Å²) in [5.41, 5.74) is 2.15. The molecule has 0 radical (unpaired) electrons. The van der Waals surface area contributed by atoms with Crippen LogP contribution in [0, 0.1) is 5.82 Å². The average molecular weight is 356 g/mol. The van der Waals surface area contributed by atoms with Crippen molar-refractivity contribution in [2.24, 2.45) is 0 Å². The first-order chi connectivity index (χ1) is 12.5. The number of aromatic amines is 1. The minimum atomic E-state index is -0.447. The van der Waals surface area contributed by atoms with E-state index in [-0.39, 0.29) is 12.5 Å². The maximum atomic E-state index is 13.3. The Hall–Kier alpha value is -3.09. The number of rotatable bonds is 6. The Morgan fingerprint density at radius 2 is 1.85 bits per heavy atom. The first-order valence-corrected chi connectivity index (χ1v) is 8.54. The lowest BCUT2D eigenvalue weighted by Gasteiger charge is -2.21. The van der Waals surface area contributed by atoms with E-state index < -0.39 is 11.5 Å². The molecule has 2 N–H and O–H groups in total. The van der Waals surface area contributed by atoms with Crippen molar-refractivity contribution in [2.45, 2.75) is 20.4 Å². The Kier molecular flexibility index (Phi) is 5.06. The van der Waals surface area contributed by atoms with Gasteiger partial charge in [-0.3, -0.25) is 9.36 Å². The third-order valence-corrected chi connectivity index (χ3v) is 4.32. The molecular formula is C19H21FN4O2. The second-order valence-corrected chi connectivity index (χ2v) is 5.95. The Morgan fingerprint density at radius 3 is 2.50 bits per heavy atom. The zero-order valence-electron chi connectivity index (χ0n) is 14.8. The molecule has 3 aromatic rings. The van der Waals surface area contributed by atoms with Crippen molar-refractivity contribution in [1.82, 2.24) is 9.55 Å². The topological polar surface area (TPSA) is 70.1 Å². The first kappa shape index (κ1) is 17.7. The van der Waals surface area contributed by atoms with Gasteiger partial charge in [-0.15, -0.1) is 0 Å². The summed E-state index contributed by atoms with van der Waals surface area (Å²) >= 11 is 0. The molecule has 1 amide bonds. The maximum absolute atomic E-state index is 13.3. The number of nitrogens with one attached hydrogen (secondary N) is 2. The van der Waals surface area contributed by atoms with E-state index in [1.165, 1.54) is 22.8 Å². The fourth-order valence-electron chi connectivity index (χ4n) is 2.98. The SMILES string of the molecule is CCN(CC)c1ccc(NC(=O)Cn2c(=O)[nH]c3cc(F)ccc32)cc1. The summed E-state index contributed by atoms with van der Waals surface area (Å²) in [5.74, 6) is -0.767. The van der Waals surface area contributed by atoms with Crippen LogP contribution in [0.4, 0.5) is 15.8 Å². The molecule has 0 aliphatic rings. The number of imidazole rings is 1. The van der Waals surface area contributed by atoms with E-state index in [1.807, 2.05) is 24.3 Å². The number of halogens is 1. The van der Waals surface area contributed by atoms with Gasteiger partial charge in [0.25, 0.3) is 0 Å². The molecule has 3 rings (SSSR count). The first-order valence-electron chi connectivity index (χ1n) is 8.54. The summed E-state index contributed by atoms with van der Waals surface area (Å²) in [6.07, 6.45) is 0. The van der Waals surface area contributed by atoms with Crippen molar-refractivity contribution in [2.75, 3.05) is 23.3 Å². The van der Waals surface area contributed by atoms with Gasteiger partial charge in [-0.2, -0.15) is 0 Å². The number of fused-ring (bicyclic) bond motifs is 1. The third kappa shape index (κ3) is 3.61. The van der Waals surface area contributed by atoms with Gasteiger partial charge in [-0.05, 0) is 56.3 Å². The molecule has 26 heavy (non-hydrogen) atoms. The molecule has 0 saturated heterocycles. The van der Waals surface area contributed by atoms with Crippen LogP contribution in [0.3, 0.4) is 0 Å². The van der Waals surface area contributed by atoms with Crippen molar-refractivity contribution in [1.29, 1.82) is 0 Å². The minimum Gasteiger partial charge on any atom is -0.372 e. The Labute approximate surface area is 150 Å². The largest absolute Gasteiger partial charge is 0.372 e. The number of carbonyl (C=O) groups is 1. The number of carbonyl (C=O) groups excluding carboxylic acids is 1. The van der Waals surface area contributed by atoms with E-state index >= 15 is 0 Å². The second-order valence-electron chi connectivity index (χ2n) is 5.95. The Balaban J connectivity index is 1.73. The lowest BCUT2D eigenvalue weighted by molar-refractivity contribution is -0.116. The lowest BCUT2D eigenvalue weighted by atomic mass is 10.2. The number of benzene rings is 2. The van der Waals surface area contributed by atoms with Gasteiger partial charge in [-0.1, -0.05) is 0 Å². The van der Waals surface area contributed by atoms with E-state index in [9.17, 15) is 14.0 Å². The number of aromatic nitrogens is 2. The van der Waals surface area contributed by atoms with Crippen LogP contribution in [0.1, 0.15) is 13.8 Å². The van der Waals surface area contributed by atoms with Gasteiger partial charge in [0.15, 0.2) is 0 Å². The van der Waals surface area contributed by atoms with Gasteiger partial charge in [-0.25, -0.2) is 9.18 Å². The molecule has 0 fully saturated rings. The molecule has 0 aliphatic carbocycles. The van der Waals surface area contributed by atoms with Gasteiger partial charge >= 0.3 is 5.69 Å². The number of nitrogens with zero attached hydrogens (tertiary/aromatic N) is 2. The molecule has 2 aromatic carbocycles. The normalized spacial score (nSPS) is 10.9. The van der Waals surface area contributed by atoms with Crippen LogP contribution in [-0.2, 0) is 11.3 Å². The van der Waals surface area contributed by atoms with Crippen LogP contribution in [0.2, 0.25) is 0 Å². The Morgan fingerprint density at radius 1 is 1.15 bits per heavy atom. The highest BCUT2D eigenvalue weighted by molar-refractivity contribution is 5.91. The molecule has 0 atom stereocenters. The molecule has 1 heterocycles. The molecule has 0 bridgehead atoms. The van der Waals surface area contributed by atoms with E-state index in [2.05, 4.69) is 29.0 Å². The van der Waals surface area contributed by atoms with Crippen LogP contribution in [0.15, 0.2) is 47.3 Å². The highest BCUT2D eigenvalue weighted by Gasteiger charge is 2.12. The third-order valence-electron chi connectivity index (χ3n) is 4.32. The van der Waals surface area contributed by atoms with Gasteiger partial charge in [0.05, 0.1) is 11.0 Å². The fraction of sp³-hybridized carbons (Fsp3) is 0.263. The van der Waals surface area contributed by atoms with Crippen LogP contribution in [0.25, 0.3) is 11.0 Å². The quantitative estimate of drug-likeness (QED) is 0.713. The van der Waals surface area contributed by atoms with Crippen molar-refractivity contribution in [3.63, 3.8) is 0 Å². The van der Waals surface area contributed by atoms with Crippen LogP contribution >= 0.6 is 0 Å². The predicted molar refractivity (Wildman–Crippen MR) is 101 cm³/mol. The zero-order valence-corrected chi connectivity index (χ0v) is 14.8. The van der Waals surface area contributed by atoms with Gasteiger partial charge in [0.2, 0.25) is 5.91 Å². The van der Waals surface area contributed by atoms with Crippen molar-refractivity contribution in [3.8, 4) is 0 Å². The monoisotopic (exact) mass is 356 g/mol. The van der Waals surface area contributed by atoms with E-state index in [4.69, 9.17) is 0 Å². The smallest absolute Gasteiger partial charge is 0.326 e. The summed E-state index contributed by atoms with van der Waals surface area (Å²) in [6, 6.07) is 11.5. The molecular weight excluding hydrogens is 335 g/mol. The molecule has 0 unspecified atom stereocenters. The van der Waals surface area contributed by atoms with E-state index in [0.29, 0.717) is 16.7 Å². The summed E-state index contributed by atoms with van der Waals surface area (Å²) < 4.78 is 14.5. The fourth-order valence-corrected chi connectivity index (χ4v) is 2.98. The van der Waals surface area contributed by atoms with Crippen molar-refractivity contribution < 1.29 is 9.18 Å². The second kappa shape index (κ2) is 7.43. The zero-order chi connectivity index (χ0) is 18.7. The summed E-state index contributed by atoms with van der Waals surface area (Å²) in [5, 5.41) is 2.78. The van der Waals surface area contributed by atoms with Crippen LogP contribution in [-0.4, -0.2) is 28.5 Å². The summed E-state index contributed by atoms with van der Waals surface area (Å²) in [7, 11) is 0. The summed E-state index contributed by atoms with van der Waals surface area (Å²) in [4.78, 5) is 29.1. The molecule has 7 heteroatoms. The number of hydrogen-bond donors (Lipinski definition) is 2. The molecule has 0 saturated carbocycles. The predicted octanol–water partition coefficient (Wildman–Crippen LogP) is 2.95. The Bertz CT molecular complexity index is 971. The molecule has 1 aromatic heterocycles. The highest BCUT2D eigenvalue weighted by Crippen LogP contribution is 2.18. The molecule has 6 nitrogen and oxygen atoms in total. The molecule has 136 valence electrons. The van der Waals surface area contributed by atoms with Crippen LogP contribution in [0.5, 0.6) is 0 Å². The average Bonchev–Trinajstić information content (AvgIpc) is 2.92. The number of hydrogen-bond acceptors (Lipinski definition) is 3. The van der Waals surface area contributed by atoms with Crippen molar-refractivity contribution in [3.05, 3.63) is 58.8 Å². The van der Waals surface area contributed by atoms with Gasteiger partial charge < -0.3 is 15.2 Å². The lowest BCUT2D eigenvalue weighted by Crippen LogP contribution is -2.26. The van der Waals surface area contributed by atoms with E-state index in [0.717, 1.165) is 18.8 Å². The number of H-pyrrole nitrogens is 1. The van der Waals surface area contributed by atoms with Gasteiger partial charge in [0.1, 0.15) is 12.4 Å². The summed E-state index contributed by atoms with van der Waals surface area (Å²) in [6.45, 7) is 5.84. The van der Waals surface area contributed by atoms with E-state index in [1.54, 1.807) is 0 Å². The van der Waals surface area contributed by atoms with Crippen LogP contribution < -0.4 is 15.9 Å².